The summed E-state index contributed by atoms with van der Waals surface area (Å²) in [6.07, 6.45) is 3.56. The Labute approximate surface area is 145 Å². The second-order valence-corrected chi connectivity index (χ2v) is 8.62. The lowest BCUT2D eigenvalue weighted by Crippen LogP contribution is -2.47. The fourth-order valence-electron chi connectivity index (χ4n) is 3.06. The van der Waals surface area contributed by atoms with Crippen molar-refractivity contribution in [1.29, 1.82) is 0 Å². The third-order valence-electron chi connectivity index (χ3n) is 4.31. The summed E-state index contributed by atoms with van der Waals surface area (Å²) in [5.74, 6) is 1.32. The highest BCUT2D eigenvalue weighted by atomic mass is 32.2. The number of likely N-dealkylation sites (tertiary alicyclic amines) is 1. The van der Waals surface area contributed by atoms with E-state index in [1.165, 1.54) is 28.4 Å². The van der Waals surface area contributed by atoms with Crippen molar-refractivity contribution in [3.05, 3.63) is 35.4 Å². The first-order chi connectivity index (χ1) is 11.2. The number of carbonyl (C=O) groups is 2. The summed E-state index contributed by atoms with van der Waals surface area (Å²) in [6, 6.07) is 7.05. The molecule has 4 nitrogen and oxygen atoms in total. The van der Waals surface area contributed by atoms with E-state index in [4.69, 9.17) is 0 Å². The smallest absolute Gasteiger partial charge is 0.326 e. The van der Waals surface area contributed by atoms with Gasteiger partial charge in [0.25, 0.3) is 5.91 Å². The van der Waals surface area contributed by atoms with Crippen LogP contribution < -0.4 is 0 Å². The minimum absolute atomic E-state index is 0.160. The molecule has 1 N–H and O–H groups in total. The van der Waals surface area contributed by atoms with E-state index in [-0.39, 0.29) is 5.91 Å². The molecule has 1 aromatic rings. The van der Waals surface area contributed by atoms with Gasteiger partial charge in [0, 0.05) is 12.1 Å². The number of hydrogen-bond acceptors (Lipinski definition) is 4. The highest BCUT2D eigenvalue weighted by Crippen LogP contribution is 2.43. The quantitative estimate of drug-likeness (QED) is 0.901. The predicted octanol–water partition coefficient (Wildman–Crippen LogP) is 3.63. The van der Waals surface area contributed by atoms with Gasteiger partial charge in [-0.15, -0.1) is 23.5 Å². The van der Waals surface area contributed by atoms with Crippen LogP contribution >= 0.6 is 23.5 Å². The Morgan fingerprint density at radius 2 is 1.74 bits per heavy atom. The van der Waals surface area contributed by atoms with Gasteiger partial charge in [-0.3, -0.25) is 4.79 Å². The zero-order chi connectivity index (χ0) is 16.2. The van der Waals surface area contributed by atoms with E-state index >= 15 is 0 Å². The van der Waals surface area contributed by atoms with Gasteiger partial charge >= 0.3 is 5.97 Å². The number of nitrogens with zero attached hydrogens (tertiary/aromatic N) is 1. The number of hydrogen-bond donors (Lipinski definition) is 1. The van der Waals surface area contributed by atoms with Crippen molar-refractivity contribution < 1.29 is 14.7 Å². The molecule has 2 aliphatic heterocycles. The van der Waals surface area contributed by atoms with E-state index in [0.29, 0.717) is 23.1 Å². The molecule has 23 heavy (non-hydrogen) atoms. The van der Waals surface area contributed by atoms with Crippen LogP contribution in [0.1, 0.15) is 46.2 Å². The minimum atomic E-state index is -0.898. The lowest BCUT2D eigenvalue weighted by Gasteiger charge is -2.33. The van der Waals surface area contributed by atoms with Gasteiger partial charge in [0.1, 0.15) is 6.04 Å². The van der Waals surface area contributed by atoms with Crippen LogP contribution in [-0.4, -0.2) is 46.0 Å². The molecule has 0 bridgehead atoms. The zero-order valence-electron chi connectivity index (χ0n) is 12.9. The van der Waals surface area contributed by atoms with Crippen molar-refractivity contribution in [1.82, 2.24) is 4.90 Å². The molecule has 0 saturated carbocycles. The average Bonchev–Trinajstić information content (AvgIpc) is 2.62. The van der Waals surface area contributed by atoms with Gasteiger partial charge in [0.05, 0.1) is 4.58 Å². The molecule has 0 aliphatic carbocycles. The molecule has 1 amide bonds. The number of carboxylic acids is 1. The molecule has 1 atom stereocenters. The highest BCUT2D eigenvalue weighted by molar-refractivity contribution is 8.16. The molecule has 0 spiro atoms. The third kappa shape index (κ3) is 3.86. The molecule has 1 unspecified atom stereocenters. The zero-order valence-corrected chi connectivity index (χ0v) is 14.6. The van der Waals surface area contributed by atoms with E-state index < -0.39 is 12.0 Å². The first-order valence-corrected chi connectivity index (χ1v) is 10.1. The van der Waals surface area contributed by atoms with Crippen LogP contribution in [0.2, 0.25) is 0 Å². The maximum Gasteiger partial charge on any atom is 0.326 e. The molecule has 2 heterocycles. The van der Waals surface area contributed by atoms with E-state index in [2.05, 4.69) is 0 Å². The number of carboxylic acid groups (broad SMARTS) is 1. The fourth-order valence-corrected chi connectivity index (χ4v) is 5.95. The second kappa shape index (κ2) is 7.62. The minimum Gasteiger partial charge on any atom is -0.480 e. The number of benzene rings is 1. The SMILES string of the molecule is O=C(O)C1CCCCN1C(=O)c1ccc(C2SCCCS2)cc1. The molecule has 0 aromatic heterocycles. The first kappa shape index (κ1) is 16.7. The van der Waals surface area contributed by atoms with Gasteiger partial charge in [0.2, 0.25) is 0 Å². The van der Waals surface area contributed by atoms with Gasteiger partial charge in [-0.2, -0.15) is 0 Å². The molecule has 6 heteroatoms. The van der Waals surface area contributed by atoms with E-state index in [1.54, 1.807) is 0 Å². The molecular formula is C17H21NO3S2. The van der Waals surface area contributed by atoms with Crippen LogP contribution in [0.15, 0.2) is 24.3 Å². The van der Waals surface area contributed by atoms with Crippen molar-refractivity contribution in [2.24, 2.45) is 0 Å². The predicted molar refractivity (Wildman–Crippen MR) is 95.0 cm³/mol. The molecule has 1 aromatic carbocycles. The monoisotopic (exact) mass is 351 g/mol. The van der Waals surface area contributed by atoms with Crippen molar-refractivity contribution in [2.75, 3.05) is 18.1 Å². The Bertz CT molecular complexity index is 570. The summed E-state index contributed by atoms with van der Waals surface area (Å²) in [6.45, 7) is 0.534. The number of thioether (sulfide) groups is 2. The van der Waals surface area contributed by atoms with Gasteiger partial charge in [0.15, 0.2) is 0 Å². The van der Waals surface area contributed by atoms with Crippen molar-refractivity contribution >= 4 is 35.4 Å². The van der Waals surface area contributed by atoms with E-state index in [0.717, 1.165) is 12.8 Å². The summed E-state index contributed by atoms with van der Waals surface area (Å²) in [5, 5.41) is 9.32. The molecule has 2 aliphatic rings. The Morgan fingerprint density at radius 3 is 2.39 bits per heavy atom. The van der Waals surface area contributed by atoms with Crippen molar-refractivity contribution in [3.63, 3.8) is 0 Å². The van der Waals surface area contributed by atoms with Crippen LogP contribution in [-0.2, 0) is 4.79 Å². The highest BCUT2D eigenvalue weighted by Gasteiger charge is 2.32. The number of amides is 1. The van der Waals surface area contributed by atoms with Crippen LogP contribution in [0, 0.1) is 0 Å². The van der Waals surface area contributed by atoms with Crippen LogP contribution in [0.5, 0.6) is 0 Å². The number of rotatable bonds is 3. The van der Waals surface area contributed by atoms with Gasteiger partial charge in [-0.05, 0) is 54.9 Å². The average molecular weight is 351 g/mol. The van der Waals surface area contributed by atoms with E-state index in [9.17, 15) is 14.7 Å². The Balaban J connectivity index is 1.72. The summed E-state index contributed by atoms with van der Waals surface area (Å²) >= 11 is 3.91. The summed E-state index contributed by atoms with van der Waals surface area (Å²) in [5.41, 5.74) is 1.83. The first-order valence-electron chi connectivity index (χ1n) is 8.04. The third-order valence-corrected chi connectivity index (χ3v) is 7.32. The van der Waals surface area contributed by atoms with Gasteiger partial charge < -0.3 is 10.0 Å². The topological polar surface area (TPSA) is 57.6 Å². The number of aliphatic carboxylic acids is 1. The van der Waals surface area contributed by atoms with Crippen molar-refractivity contribution in [3.8, 4) is 0 Å². The van der Waals surface area contributed by atoms with E-state index in [1.807, 2.05) is 47.8 Å². The Morgan fingerprint density at radius 1 is 1.04 bits per heavy atom. The maximum atomic E-state index is 12.7. The normalized spacial score (nSPS) is 22.8. The lowest BCUT2D eigenvalue weighted by atomic mass is 10.0. The summed E-state index contributed by atoms with van der Waals surface area (Å²) in [4.78, 5) is 25.5. The van der Waals surface area contributed by atoms with Crippen LogP contribution in [0.4, 0.5) is 0 Å². The second-order valence-electron chi connectivity index (χ2n) is 5.90. The Hall–Kier alpha value is -1.14. The molecule has 124 valence electrons. The van der Waals surface area contributed by atoms with Gasteiger partial charge in [-0.1, -0.05) is 12.1 Å². The molecule has 3 rings (SSSR count). The fraction of sp³-hybridized carbons (Fsp3) is 0.529. The largest absolute Gasteiger partial charge is 0.480 e. The summed E-state index contributed by atoms with van der Waals surface area (Å²) < 4.78 is 0.453. The lowest BCUT2D eigenvalue weighted by molar-refractivity contribution is -0.143. The molecule has 2 saturated heterocycles. The Kier molecular flexibility index (Phi) is 5.54. The van der Waals surface area contributed by atoms with Crippen LogP contribution in [0.25, 0.3) is 0 Å². The maximum absolute atomic E-state index is 12.7. The van der Waals surface area contributed by atoms with Crippen molar-refractivity contribution in [2.45, 2.75) is 36.3 Å². The number of piperidine rings is 1. The molecule has 2 fully saturated rings. The number of carbonyl (C=O) groups excluding carboxylic acids is 1. The standard InChI is InChI=1S/C17H21NO3S2/c19-15(18-9-2-1-4-14(18)16(20)21)12-5-7-13(8-6-12)17-22-10-3-11-23-17/h5-8,14,17H,1-4,9-11H2,(H,20,21). The molecule has 0 radical (unpaired) electrons. The molecular weight excluding hydrogens is 330 g/mol. The summed E-state index contributed by atoms with van der Waals surface area (Å²) in [7, 11) is 0. The van der Waals surface area contributed by atoms with Gasteiger partial charge in [-0.25, -0.2) is 4.79 Å². The van der Waals surface area contributed by atoms with Crippen LogP contribution in [0.3, 0.4) is 0 Å².